The fraction of sp³-hybridized carbons (Fsp3) is 0.414. The van der Waals surface area contributed by atoms with Crippen LogP contribution in [0, 0.1) is 13.8 Å². The number of carboxylic acid groups (broad SMARTS) is 1. The summed E-state index contributed by atoms with van der Waals surface area (Å²) < 4.78 is 14.9. The number of nitrogens with zero attached hydrogens (tertiary/aromatic N) is 10. The number of aryl methyl sites for hydroxylation is 4. The highest BCUT2D eigenvalue weighted by molar-refractivity contribution is 7.14. The first-order valence-corrected chi connectivity index (χ1v) is 27.9. The average Bonchev–Trinajstić information content (AvgIpc) is 4.29. The number of benzene rings is 2. The van der Waals surface area contributed by atoms with Gasteiger partial charge in [0, 0.05) is 85.8 Å². The molecule has 0 unspecified atom stereocenters. The molecule has 0 amide bonds. The molecule has 2 saturated heterocycles. The number of ether oxygens (including phenoxy) is 2. The highest BCUT2D eigenvalue weighted by Crippen LogP contribution is 2.31. The minimum atomic E-state index is -0.900. The van der Waals surface area contributed by atoms with Crippen molar-refractivity contribution in [2.24, 2.45) is 0 Å². The van der Waals surface area contributed by atoms with E-state index in [4.69, 9.17) is 19.6 Å². The summed E-state index contributed by atoms with van der Waals surface area (Å²) in [7, 11) is 0. The van der Waals surface area contributed by atoms with Crippen molar-refractivity contribution in [1.29, 1.82) is 0 Å². The van der Waals surface area contributed by atoms with E-state index in [1.165, 1.54) is 40.0 Å². The summed E-state index contributed by atoms with van der Waals surface area (Å²) in [4.78, 5) is 51.0. The lowest BCUT2D eigenvalue weighted by molar-refractivity contribution is 0.0661. The molecule has 404 valence electrons. The van der Waals surface area contributed by atoms with Crippen LogP contribution in [-0.2, 0) is 33.1 Å². The summed E-state index contributed by atoms with van der Waals surface area (Å²) >= 11 is 2.74. The summed E-state index contributed by atoms with van der Waals surface area (Å²) in [6.45, 7) is 21.9. The monoisotopic (exact) mass is 1080 g/mol. The highest BCUT2D eigenvalue weighted by atomic mass is 32.1. The van der Waals surface area contributed by atoms with Gasteiger partial charge >= 0.3 is 5.97 Å². The van der Waals surface area contributed by atoms with E-state index < -0.39 is 5.97 Å². The summed E-state index contributed by atoms with van der Waals surface area (Å²) in [5.74, 6) is 0.355. The molecule has 0 saturated carbocycles. The summed E-state index contributed by atoms with van der Waals surface area (Å²) in [5, 5.41) is 26.0. The van der Waals surface area contributed by atoms with E-state index in [0.717, 1.165) is 118 Å². The van der Waals surface area contributed by atoms with Crippen LogP contribution >= 0.6 is 22.7 Å². The fourth-order valence-electron chi connectivity index (χ4n) is 8.75. The molecule has 8 aromatic rings. The van der Waals surface area contributed by atoms with Crippen molar-refractivity contribution in [3.8, 4) is 22.5 Å². The zero-order valence-electron chi connectivity index (χ0n) is 45.5. The van der Waals surface area contributed by atoms with Crippen molar-refractivity contribution in [2.75, 3.05) is 37.1 Å². The van der Waals surface area contributed by atoms with Gasteiger partial charge in [0.05, 0.1) is 68.3 Å². The molecule has 0 bridgehead atoms. The molecule has 8 heterocycles. The van der Waals surface area contributed by atoms with E-state index in [-0.39, 0.29) is 16.6 Å². The van der Waals surface area contributed by atoms with Crippen LogP contribution in [0.4, 0.5) is 23.3 Å². The molecule has 2 aliphatic heterocycles. The number of hydrogen-bond donors (Lipinski definition) is 3. The number of carbonyl (C=O) groups excluding carboxylic acids is 1. The van der Waals surface area contributed by atoms with Crippen LogP contribution in [0.3, 0.4) is 0 Å². The number of carbonyl (C=O) groups is 2. The molecule has 2 aromatic carbocycles. The molecule has 0 radical (unpaired) electrons. The van der Waals surface area contributed by atoms with E-state index in [2.05, 4.69) is 124 Å². The van der Waals surface area contributed by atoms with Crippen LogP contribution < -0.4 is 10.6 Å². The quantitative estimate of drug-likeness (QED) is 0.0865. The zero-order chi connectivity index (χ0) is 54.7. The van der Waals surface area contributed by atoms with Crippen molar-refractivity contribution < 1.29 is 24.2 Å². The predicted molar refractivity (Wildman–Crippen MR) is 304 cm³/mol. The highest BCUT2D eigenvalue weighted by Gasteiger charge is 2.23. The Morgan fingerprint density at radius 1 is 0.636 bits per heavy atom. The third-order valence-electron chi connectivity index (χ3n) is 13.2. The number of hydrogen-bond acceptors (Lipinski definition) is 16. The molecular formula is C58H70N12O5S2. The average molecular weight is 1080 g/mol. The third-order valence-corrected chi connectivity index (χ3v) is 16.1. The normalized spacial score (nSPS) is 14.2. The Labute approximate surface area is 459 Å². The van der Waals surface area contributed by atoms with Crippen molar-refractivity contribution in [2.45, 2.75) is 130 Å². The molecule has 2 aliphatic rings. The third kappa shape index (κ3) is 15.3. The van der Waals surface area contributed by atoms with Crippen LogP contribution in [0.25, 0.3) is 22.5 Å². The second-order valence-corrected chi connectivity index (χ2v) is 23.4. The van der Waals surface area contributed by atoms with Gasteiger partial charge in [0.2, 0.25) is 11.9 Å². The SMILES string of the molecule is CC(C)(C)c1ncc(C(=O)O)s1.CCc1ccc(-c2ccnc(Nc3cnn(C4CCOCC4)c3)n2)cc1C.Cc1cc(-c2ccnc(Nc3cnn(C4CCOCC4)c3)n2)ccc1CCC(=O)c1cnc(C(C)(C)C)s1. The number of anilines is 4. The van der Waals surface area contributed by atoms with E-state index >= 15 is 0 Å². The summed E-state index contributed by atoms with van der Waals surface area (Å²) in [6.07, 6.45) is 20.5. The number of rotatable bonds is 14. The van der Waals surface area contributed by atoms with E-state index in [1.807, 2.05) is 67.1 Å². The van der Waals surface area contributed by atoms with Gasteiger partial charge in [-0.25, -0.2) is 34.7 Å². The van der Waals surface area contributed by atoms with Crippen LogP contribution in [0.5, 0.6) is 0 Å². The maximum absolute atomic E-state index is 12.8. The maximum Gasteiger partial charge on any atom is 0.347 e. The lowest BCUT2D eigenvalue weighted by Gasteiger charge is -2.22. The second kappa shape index (κ2) is 25.4. The van der Waals surface area contributed by atoms with Crippen LogP contribution in [-0.4, -0.2) is 92.8 Å². The predicted octanol–water partition coefficient (Wildman–Crippen LogP) is 12.8. The number of Topliss-reactive ketones (excluding diaryl/α,β-unsaturated/α-hetero) is 1. The molecule has 17 nitrogen and oxygen atoms in total. The van der Waals surface area contributed by atoms with Gasteiger partial charge in [-0.3, -0.25) is 14.2 Å². The smallest absolute Gasteiger partial charge is 0.347 e. The molecule has 3 N–H and O–H groups in total. The number of nitrogens with one attached hydrogen (secondary N) is 2. The van der Waals surface area contributed by atoms with Gasteiger partial charge in [0.25, 0.3) is 0 Å². The van der Waals surface area contributed by atoms with Gasteiger partial charge in [0.15, 0.2) is 5.78 Å². The Bertz CT molecular complexity index is 3250. The molecule has 2 fully saturated rings. The molecule has 6 aromatic heterocycles. The molecular weight excluding hydrogens is 1010 g/mol. The first kappa shape index (κ1) is 56.2. The minimum Gasteiger partial charge on any atom is -0.477 e. The number of carboxylic acids is 1. The first-order chi connectivity index (χ1) is 36.9. The van der Waals surface area contributed by atoms with E-state index in [1.54, 1.807) is 18.6 Å². The van der Waals surface area contributed by atoms with Crippen LogP contribution in [0.2, 0.25) is 0 Å². The molecule has 0 atom stereocenters. The van der Waals surface area contributed by atoms with Crippen molar-refractivity contribution in [1.82, 2.24) is 49.5 Å². The Morgan fingerprint density at radius 3 is 1.51 bits per heavy atom. The lowest BCUT2D eigenvalue weighted by atomic mass is 9.98. The molecule has 10 rings (SSSR count). The summed E-state index contributed by atoms with van der Waals surface area (Å²) in [5.41, 5.74) is 10.5. The summed E-state index contributed by atoms with van der Waals surface area (Å²) in [6, 6.07) is 17.4. The molecule has 0 spiro atoms. The van der Waals surface area contributed by atoms with Gasteiger partial charge in [0.1, 0.15) is 4.88 Å². The van der Waals surface area contributed by atoms with Crippen LogP contribution in [0.1, 0.15) is 144 Å². The minimum absolute atomic E-state index is 0.0429. The Kier molecular flexibility index (Phi) is 18.5. The van der Waals surface area contributed by atoms with Crippen LogP contribution in [0.15, 0.2) is 98.1 Å². The van der Waals surface area contributed by atoms with Crippen molar-refractivity contribution >= 4 is 57.7 Å². The standard InChI is InChI=1S/C29H34N6O2S.C21H25N5O.C8H11NO2S/c1-19-15-21(6-5-20(19)7-8-25(36)26-17-31-27(38-26)29(2,3)4)24-9-12-30-28(34-24)33-22-16-32-35(18-22)23-10-13-37-14-11-23;1-3-16-4-5-17(12-15(16)2)20-6-9-22-21(25-20)24-18-13-23-26(14-18)19-7-10-27-11-8-19;1-8(2,3)7-9-4-5(12-7)6(10)11/h5-6,9,12,15-18,23H,7-8,10-11,13-14H2,1-4H3,(H,30,33,34);4-6,9,12-14,19H,3,7-8,10-11H2,1-2H3,(H,22,24,25);4H,1-3H3,(H,10,11). The Morgan fingerprint density at radius 2 is 1.09 bits per heavy atom. The number of aromatic carboxylic acids is 1. The zero-order valence-corrected chi connectivity index (χ0v) is 47.2. The Balaban J connectivity index is 0.000000174. The van der Waals surface area contributed by atoms with E-state index in [0.29, 0.717) is 41.7 Å². The lowest BCUT2D eigenvalue weighted by Crippen LogP contribution is -2.19. The largest absolute Gasteiger partial charge is 0.477 e. The van der Waals surface area contributed by atoms with Crippen molar-refractivity contribution in [3.05, 3.63) is 140 Å². The number of ketones is 1. The van der Waals surface area contributed by atoms with Gasteiger partial charge in [-0.2, -0.15) is 10.2 Å². The van der Waals surface area contributed by atoms with Gasteiger partial charge in [-0.05, 0) is 98.9 Å². The molecule has 77 heavy (non-hydrogen) atoms. The Hall–Kier alpha value is -7.06. The topological polar surface area (TPSA) is 210 Å². The van der Waals surface area contributed by atoms with Gasteiger partial charge in [-0.1, -0.05) is 72.7 Å². The van der Waals surface area contributed by atoms with Gasteiger partial charge < -0.3 is 25.2 Å². The first-order valence-electron chi connectivity index (χ1n) is 26.2. The molecule has 0 aliphatic carbocycles. The molecule has 19 heteroatoms. The van der Waals surface area contributed by atoms with E-state index in [9.17, 15) is 9.59 Å². The second-order valence-electron chi connectivity index (χ2n) is 21.3. The number of aromatic nitrogens is 10. The fourth-order valence-corrected chi connectivity index (χ4v) is 10.5. The van der Waals surface area contributed by atoms with Gasteiger partial charge in [-0.15, -0.1) is 22.7 Å². The number of thiazole rings is 2. The van der Waals surface area contributed by atoms with Crippen molar-refractivity contribution in [3.63, 3.8) is 0 Å². The maximum atomic E-state index is 12.8.